The van der Waals surface area contributed by atoms with Gasteiger partial charge in [0.2, 0.25) is 0 Å². The third kappa shape index (κ3) is 4.52. The molecule has 1 heterocycles. The molecule has 0 unspecified atom stereocenters. The van der Waals surface area contributed by atoms with Gasteiger partial charge in [0.05, 0.1) is 12.8 Å². The van der Waals surface area contributed by atoms with Crippen molar-refractivity contribution in [2.45, 2.75) is 13.5 Å². The number of hydrogen-bond acceptors (Lipinski definition) is 4. The summed E-state index contributed by atoms with van der Waals surface area (Å²) in [7, 11) is 0. The van der Waals surface area contributed by atoms with E-state index in [1.165, 1.54) is 16.3 Å². The van der Waals surface area contributed by atoms with Crippen LogP contribution in [0.2, 0.25) is 0 Å². The first-order chi connectivity index (χ1) is 13.8. The summed E-state index contributed by atoms with van der Waals surface area (Å²) in [5, 5.41) is 9.50. The molecule has 4 rings (SSSR count). The van der Waals surface area contributed by atoms with E-state index in [9.17, 15) is 0 Å². The number of nitrogens with zero attached hydrogens (tertiary/aromatic N) is 3. The molecule has 1 aliphatic rings. The number of fused-ring (bicyclic) bond motifs is 1. The Balaban J connectivity index is 1.32. The quantitative estimate of drug-likeness (QED) is 0.600. The minimum absolute atomic E-state index is 0.691. The lowest BCUT2D eigenvalue weighted by atomic mass is 10.0. The van der Waals surface area contributed by atoms with Crippen molar-refractivity contribution in [2.75, 3.05) is 32.8 Å². The van der Waals surface area contributed by atoms with Gasteiger partial charge in [-0.25, -0.2) is 0 Å². The molecule has 1 saturated heterocycles. The lowest BCUT2D eigenvalue weighted by Gasteiger charge is -2.33. The summed E-state index contributed by atoms with van der Waals surface area (Å²) in [5.41, 5.74) is 2.51. The standard InChI is InChI=1S/C24H27N3O/c1-2-28-23-12-10-20(11-13-23)18-25-27-16-14-26(15-17-27)19-22-8-5-7-21-6-3-4-9-24(21)22/h3-13,18H,2,14-17,19H2,1H3/b25-18-. The molecule has 0 spiro atoms. The van der Waals surface area contributed by atoms with Gasteiger partial charge in [-0.05, 0) is 53.1 Å². The Morgan fingerprint density at radius 2 is 1.64 bits per heavy atom. The van der Waals surface area contributed by atoms with Gasteiger partial charge in [0.1, 0.15) is 5.75 Å². The molecule has 0 atom stereocenters. The highest BCUT2D eigenvalue weighted by Gasteiger charge is 2.16. The van der Waals surface area contributed by atoms with Crippen LogP contribution in [0.3, 0.4) is 0 Å². The molecular formula is C24H27N3O. The molecule has 4 nitrogen and oxygen atoms in total. The molecule has 1 fully saturated rings. The summed E-state index contributed by atoms with van der Waals surface area (Å²) in [6.45, 7) is 7.66. The van der Waals surface area contributed by atoms with Crippen LogP contribution in [-0.2, 0) is 6.54 Å². The molecule has 0 radical (unpaired) electrons. The van der Waals surface area contributed by atoms with Crippen LogP contribution < -0.4 is 4.74 Å². The van der Waals surface area contributed by atoms with Crippen molar-refractivity contribution in [3.05, 3.63) is 77.9 Å². The molecule has 0 bridgehead atoms. The summed E-state index contributed by atoms with van der Waals surface area (Å²) < 4.78 is 5.48. The smallest absolute Gasteiger partial charge is 0.119 e. The Kier molecular flexibility index (Phi) is 5.88. The molecular weight excluding hydrogens is 346 g/mol. The van der Waals surface area contributed by atoms with Crippen LogP contribution in [0.4, 0.5) is 0 Å². The van der Waals surface area contributed by atoms with E-state index in [2.05, 4.69) is 57.5 Å². The fourth-order valence-corrected chi connectivity index (χ4v) is 3.65. The second-order valence-electron chi connectivity index (χ2n) is 7.11. The van der Waals surface area contributed by atoms with E-state index < -0.39 is 0 Å². The molecule has 0 N–H and O–H groups in total. The highest BCUT2D eigenvalue weighted by Crippen LogP contribution is 2.20. The largest absolute Gasteiger partial charge is 0.494 e. The van der Waals surface area contributed by atoms with E-state index >= 15 is 0 Å². The average Bonchev–Trinajstić information content (AvgIpc) is 2.75. The number of hydrogen-bond donors (Lipinski definition) is 0. The van der Waals surface area contributed by atoms with Crippen LogP contribution in [-0.4, -0.2) is 48.9 Å². The maximum atomic E-state index is 5.48. The molecule has 0 aromatic heterocycles. The van der Waals surface area contributed by atoms with E-state index in [4.69, 9.17) is 4.74 Å². The van der Waals surface area contributed by atoms with Gasteiger partial charge in [-0.1, -0.05) is 42.5 Å². The SMILES string of the molecule is CCOc1ccc(/C=N\N2CCN(Cc3cccc4ccccc34)CC2)cc1. The average molecular weight is 374 g/mol. The third-order valence-electron chi connectivity index (χ3n) is 5.18. The third-order valence-corrected chi connectivity index (χ3v) is 5.18. The fraction of sp³-hybridized carbons (Fsp3) is 0.292. The first-order valence-electron chi connectivity index (χ1n) is 10.0. The van der Waals surface area contributed by atoms with Gasteiger partial charge in [-0.2, -0.15) is 5.10 Å². The molecule has 4 heteroatoms. The Labute approximate surface area is 167 Å². The zero-order valence-corrected chi connectivity index (χ0v) is 16.4. The molecule has 0 saturated carbocycles. The zero-order chi connectivity index (χ0) is 19.2. The van der Waals surface area contributed by atoms with Crippen LogP contribution in [0, 0.1) is 0 Å². The normalized spacial score (nSPS) is 15.4. The van der Waals surface area contributed by atoms with Crippen molar-refractivity contribution in [1.29, 1.82) is 0 Å². The van der Waals surface area contributed by atoms with Crippen molar-refractivity contribution in [3.8, 4) is 5.75 Å². The fourth-order valence-electron chi connectivity index (χ4n) is 3.65. The predicted octanol–water partition coefficient (Wildman–Crippen LogP) is 4.39. The summed E-state index contributed by atoms with van der Waals surface area (Å²) >= 11 is 0. The van der Waals surface area contributed by atoms with Gasteiger partial charge in [0, 0.05) is 32.7 Å². The molecule has 3 aromatic carbocycles. The monoisotopic (exact) mass is 373 g/mol. The lowest BCUT2D eigenvalue weighted by Crippen LogP contribution is -2.43. The number of rotatable bonds is 6. The highest BCUT2D eigenvalue weighted by atomic mass is 16.5. The van der Waals surface area contributed by atoms with E-state index in [1.54, 1.807) is 0 Å². The number of hydrazone groups is 1. The molecule has 0 aliphatic carbocycles. The van der Waals surface area contributed by atoms with Crippen LogP contribution in [0.25, 0.3) is 10.8 Å². The van der Waals surface area contributed by atoms with Crippen molar-refractivity contribution in [2.24, 2.45) is 5.10 Å². The van der Waals surface area contributed by atoms with Crippen molar-refractivity contribution in [1.82, 2.24) is 9.91 Å². The summed E-state index contributed by atoms with van der Waals surface area (Å²) in [6, 6.07) is 23.3. The minimum Gasteiger partial charge on any atom is -0.494 e. The molecule has 3 aromatic rings. The van der Waals surface area contributed by atoms with E-state index in [1.807, 2.05) is 37.4 Å². The van der Waals surface area contributed by atoms with Crippen LogP contribution in [0.15, 0.2) is 71.8 Å². The maximum absolute atomic E-state index is 5.48. The van der Waals surface area contributed by atoms with Crippen molar-refractivity contribution >= 4 is 17.0 Å². The first-order valence-corrected chi connectivity index (χ1v) is 10.0. The Morgan fingerprint density at radius 3 is 2.43 bits per heavy atom. The Hall–Kier alpha value is -2.85. The molecule has 0 amide bonds. The van der Waals surface area contributed by atoms with Crippen LogP contribution in [0.5, 0.6) is 5.75 Å². The maximum Gasteiger partial charge on any atom is 0.119 e. The first kappa shape index (κ1) is 18.5. The Morgan fingerprint density at radius 1 is 0.893 bits per heavy atom. The van der Waals surface area contributed by atoms with Crippen LogP contribution >= 0.6 is 0 Å². The Bertz CT molecular complexity index is 923. The number of piperazine rings is 1. The van der Waals surface area contributed by atoms with Crippen molar-refractivity contribution < 1.29 is 4.74 Å². The van der Waals surface area contributed by atoms with Crippen molar-refractivity contribution in [3.63, 3.8) is 0 Å². The second-order valence-corrected chi connectivity index (χ2v) is 7.11. The molecule has 28 heavy (non-hydrogen) atoms. The number of ether oxygens (including phenoxy) is 1. The predicted molar refractivity (Wildman–Crippen MR) is 116 cm³/mol. The number of benzene rings is 3. The lowest BCUT2D eigenvalue weighted by molar-refractivity contribution is 0.131. The molecule has 1 aliphatic heterocycles. The minimum atomic E-state index is 0.691. The zero-order valence-electron chi connectivity index (χ0n) is 16.4. The topological polar surface area (TPSA) is 28.1 Å². The highest BCUT2D eigenvalue weighted by molar-refractivity contribution is 5.85. The summed E-state index contributed by atoms with van der Waals surface area (Å²) in [5.74, 6) is 0.904. The van der Waals surface area contributed by atoms with Crippen LogP contribution in [0.1, 0.15) is 18.1 Å². The van der Waals surface area contributed by atoms with Gasteiger partial charge >= 0.3 is 0 Å². The van der Waals surface area contributed by atoms with Gasteiger partial charge in [0.15, 0.2) is 0 Å². The van der Waals surface area contributed by atoms with Gasteiger partial charge in [-0.3, -0.25) is 9.91 Å². The molecule has 144 valence electrons. The van der Waals surface area contributed by atoms with E-state index in [0.717, 1.165) is 44.0 Å². The second kappa shape index (κ2) is 8.89. The van der Waals surface area contributed by atoms with Gasteiger partial charge in [-0.15, -0.1) is 0 Å². The van der Waals surface area contributed by atoms with Gasteiger partial charge in [0.25, 0.3) is 0 Å². The van der Waals surface area contributed by atoms with E-state index in [-0.39, 0.29) is 0 Å². The summed E-state index contributed by atoms with van der Waals surface area (Å²) in [6.07, 6.45) is 1.94. The summed E-state index contributed by atoms with van der Waals surface area (Å²) in [4.78, 5) is 2.52. The van der Waals surface area contributed by atoms with Gasteiger partial charge < -0.3 is 4.74 Å². The van der Waals surface area contributed by atoms with E-state index in [0.29, 0.717) is 6.61 Å².